The highest BCUT2D eigenvalue weighted by atomic mass is 16.3. The highest BCUT2D eigenvalue weighted by molar-refractivity contribution is 4.94. The van der Waals surface area contributed by atoms with Gasteiger partial charge in [0.1, 0.15) is 0 Å². The van der Waals surface area contributed by atoms with Crippen LogP contribution < -0.4 is 5.32 Å². The van der Waals surface area contributed by atoms with Gasteiger partial charge in [-0.1, -0.05) is 13.8 Å². The van der Waals surface area contributed by atoms with E-state index in [0.717, 1.165) is 13.1 Å². The highest BCUT2D eigenvalue weighted by Crippen LogP contribution is 2.23. The summed E-state index contributed by atoms with van der Waals surface area (Å²) in [5, 5.41) is 13.2. The summed E-state index contributed by atoms with van der Waals surface area (Å²) in [6, 6.07) is 1.17. The molecule has 0 aliphatic heterocycles. The molecule has 2 N–H and O–H groups in total. The molecule has 1 fully saturated rings. The fourth-order valence-corrected chi connectivity index (χ4v) is 2.24. The standard InChI is InChI=1S/C14H30N2O/c1-11(2)8-16(12(3)4)9-14(5,10-17)15-13-6-7-13/h11-13,15,17H,6-10H2,1-5H3. The summed E-state index contributed by atoms with van der Waals surface area (Å²) in [6.07, 6.45) is 2.53. The Labute approximate surface area is 107 Å². The Bertz CT molecular complexity index is 226. The van der Waals surface area contributed by atoms with Crippen molar-refractivity contribution in [3.63, 3.8) is 0 Å². The molecule has 3 nitrogen and oxygen atoms in total. The molecule has 0 aromatic heterocycles. The Hall–Kier alpha value is -0.120. The zero-order valence-corrected chi connectivity index (χ0v) is 12.2. The lowest BCUT2D eigenvalue weighted by Crippen LogP contribution is -2.56. The zero-order valence-electron chi connectivity index (χ0n) is 12.2. The Morgan fingerprint density at radius 1 is 1.29 bits per heavy atom. The molecule has 0 amide bonds. The minimum Gasteiger partial charge on any atom is -0.394 e. The van der Waals surface area contributed by atoms with Crippen LogP contribution in [0.3, 0.4) is 0 Å². The smallest absolute Gasteiger partial charge is 0.0623 e. The van der Waals surface area contributed by atoms with E-state index in [9.17, 15) is 5.11 Å². The molecule has 0 radical (unpaired) electrons. The molecule has 17 heavy (non-hydrogen) atoms. The van der Waals surface area contributed by atoms with Crippen molar-refractivity contribution in [3.05, 3.63) is 0 Å². The van der Waals surface area contributed by atoms with Crippen molar-refractivity contribution in [3.8, 4) is 0 Å². The van der Waals surface area contributed by atoms with Crippen LogP contribution in [-0.2, 0) is 0 Å². The van der Waals surface area contributed by atoms with E-state index in [1.165, 1.54) is 12.8 Å². The van der Waals surface area contributed by atoms with Gasteiger partial charge in [0.05, 0.1) is 12.1 Å². The van der Waals surface area contributed by atoms with E-state index in [-0.39, 0.29) is 12.1 Å². The molecule has 1 aliphatic carbocycles. The number of nitrogens with one attached hydrogen (secondary N) is 1. The first kappa shape index (κ1) is 14.9. The number of rotatable bonds is 8. The molecule has 1 aliphatic rings. The topological polar surface area (TPSA) is 35.5 Å². The van der Waals surface area contributed by atoms with Gasteiger partial charge in [-0.15, -0.1) is 0 Å². The van der Waals surface area contributed by atoms with E-state index in [1.807, 2.05) is 0 Å². The third kappa shape index (κ3) is 5.36. The molecule has 1 unspecified atom stereocenters. The lowest BCUT2D eigenvalue weighted by atomic mass is 10.0. The van der Waals surface area contributed by atoms with Crippen molar-refractivity contribution in [1.29, 1.82) is 0 Å². The van der Waals surface area contributed by atoms with Gasteiger partial charge in [-0.25, -0.2) is 0 Å². The Morgan fingerprint density at radius 2 is 1.88 bits per heavy atom. The molecule has 1 saturated carbocycles. The van der Waals surface area contributed by atoms with Crippen LogP contribution in [0.4, 0.5) is 0 Å². The van der Waals surface area contributed by atoms with Gasteiger partial charge in [-0.2, -0.15) is 0 Å². The summed E-state index contributed by atoms with van der Waals surface area (Å²) in [7, 11) is 0. The maximum absolute atomic E-state index is 9.64. The average Bonchev–Trinajstić information content (AvgIpc) is 2.99. The van der Waals surface area contributed by atoms with Crippen molar-refractivity contribution in [1.82, 2.24) is 10.2 Å². The van der Waals surface area contributed by atoms with Crippen LogP contribution in [0.25, 0.3) is 0 Å². The number of nitrogens with zero attached hydrogens (tertiary/aromatic N) is 1. The van der Waals surface area contributed by atoms with Crippen LogP contribution in [0.5, 0.6) is 0 Å². The number of hydrogen-bond donors (Lipinski definition) is 2. The predicted molar refractivity (Wildman–Crippen MR) is 73.2 cm³/mol. The second kappa shape index (κ2) is 6.17. The lowest BCUT2D eigenvalue weighted by Gasteiger charge is -2.38. The molecular weight excluding hydrogens is 212 g/mol. The van der Waals surface area contributed by atoms with Gasteiger partial charge < -0.3 is 10.4 Å². The predicted octanol–water partition coefficient (Wildman–Crippen LogP) is 1.86. The van der Waals surface area contributed by atoms with Gasteiger partial charge in [-0.05, 0) is 39.5 Å². The van der Waals surface area contributed by atoms with Gasteiger partial charge in [0.15, 0.2) is 0 Å². The van der Waals surface area contributed by atoms with Crippen molar-refractivity contribution in [2.75, 3.05) is 19.7 Å². The maximum Gasteiger partial charge on any atom is 0.0623 e. The van der Waals surface area contributed by atoms with E-state index in [4.69, 9.17) is 0 Å². The number of aliphatic hydroxyl groups excluding tert-OH is 1. The quantitative estimate of drug-likeness (QED) is 0.682. The Morgan fingerprint density at radius 3 is 2.24 bits per heavy atom. The van der Waals surface area contributed by atoms with Gasteiger partial charge in [0.2, 0.25) is 0 Å². The van der Waals surface area contributed by atoms with E-state index in [0.29, 0.717) is 18.0 Å². The molecule has 0 spiro atoms. The van der Waals surface area contributed by atoms with Gasteiger partial charge >= 0.3 is 0 Å². The van der Waals surface area contributed by atoms with Crippen molar-refractivity contribution >= 4 is 0 Å². The fourth-order valence-electron chi connectivity index (χ4n) is 2.24. The Balaban J connectivity index is 2.54. The Kier molecular flexibility index (Phi) is 5.42. The first-order valence-electron chi connectivity index (χ1n) is 6.99. The van der Waals surface area contributed by atoms with E-state index < -0.39 is 0 Å². The molecule has 1 atom stereocenters. The summed E-state index contributed by atoms with van der Waals surface area (Å²) in [4.78, 5) is 2.47. The minimum absolute atomic E-state index is 0.152. The van der Waals surface area contributed by atoms with Crippen LogP contribution in [-0.4, -0.2) is 47.3 Å². The van der Waals surface area contributed by atoms with Gasteiger partial charge in [0.25, 0.3) is 0 Å². The van der Waals surface area contributed by atoms with Gasteiger partial charge in [0, 0.05) is 25.2 Å². The van der Waals surface area contributed by atoms with E-state index in [2.05, 4.69) is 44.8 Å². The van der Waals surface area contributed by atoms with Crippen LogP contribution in [0.15, 0.2) is 0 Å². The maximum atomic E-state index is 9.64. The van der Waals surface area contributed by atoms with Crippen LogP contribution >= 0.6 is 0 Å². The molecule has 102 valence electrons. The molecule has 0 bridgehead atoms. The van der Waals surface area contributed by atoms with Gasteiger partial charge in [-0.3, -0.25) is 4.90 Å². The number of aliphatic hydroxyl groups is 1. The van der Waals surface area contributed by atoms with Crippen LogP contribution in [0.2, 0.25) is 0 Å². The first-order valence-corrected chi connectivity index (χ1v) is 6.99. The number of hydrogen-bond acceptors (Lipinski definition) is 3. The summed E-state index contributed by atoms with van der Waals surface area (Å²) >= 11 is 0. The summed E-state index contributed by atoms with van der Waals surface area (Å²) in [5.41, 5.74) is -0.152. The largest absolute Gasteiger partial charge is 0.394 e. The normalized spacial score (nSPS) is 20.3. The molecule has 0 aromatic rings. The van der Waals surface area contributed by atoms with Crippen molar-refractivity contribution < 1.29 is 5.11 Å². The molecular formula is C14H30N2O. The average molecular weight is 242 g/mol. The minimum atomic E-state index is -0.152. The van der Waals surface area contributed by atoms with Crippen molar-refractivity contribution in [2.45, 2.75) is 65.1 Å². The van der Waals surface area contributed by atoms with E-state index in [1.54, 1.807) is 0 Å². The molecule has 3 heteroatoms. The SMILES string of the molecule is CC(C)CN(CC(C)(CO)NC1CC1)C(C)C. The molecule has 1 rings (SSSR count). The van der Waals surface area contributed by atoms with Crippen LogP contribution in [0.1, 0.15) is 47.5 Å². The summed E-state index contributed by atoms with van der Waals surface area (Å²) < 4.78 is 0. The zero-order chi connectivity index (χ0) is 13.1. The third-order valence-corrected chi connectivity index (χ3v) is 3.36. The molecule has 0 aromatic carbocycles. The first-order chi connectivity index (χ1) is 7.86. The summed E-state index contributed by atoms with van der Waals surface area (Å²) in [5.74, 6) is 0.668. The van der Waals surface area contributed by atoms with Crippen molar-refractivity contribution in [2.24, 2.45) is 5.92 Å². The second-order valence-corrected chi connectivity index (χ2v) is 6.55. The summed E-state index contributed by atoms with van der Waals surface area (Å²) in [6.45, 7) is 13.3. The van der Waals surface area contributed by atoms with Crippen LogP contribution in [0, 0.1) is 5.92 Å². The molecule has 0 saturated heterocycles. The van der Waals surface area contributed by atoms with E-state index >= 15 is 0 Å². The molecule has 0 heterocycles. The second-order valence-electron chi connectivity index (χ2n) is 6.55. The third-order valence-electron chi connectivity index (χ3n) is 3.36. The fraction of sp³-hybridized carbons (Fsp3) is 1.00. The lowest BCUT2D eigenvalue weighted by molar-refractivity contribution is 0.0938. The highest BCUT2D eigenvalue weighted by Gasteiger charge is 2.33. The monoisotopic (exact) mass is 242 g/mol.